The van der Waals surface area contributed by atoms with Crippen molar-refractivity contribution < 1.29 is 4.42 Å². The van der Waals surface area contributed by atoms with Gasteiger partial charge in [-0.2, -0.15) is 0 Å². The highest BCUT2D eigenvalue weighted by atomic mass is 16.3. The summed E-state index contributed by atoms with van der Waals surface area (Å²) in [6.07, 6.45) is 0. The maximum atomic E-state index is 7.05. The van der Waals surface area contributed by atoms with Crippen molar-refractivity contribution in [1.82, 2.24) is 4.57 Å². The van der Waals surface area contributed by atoms with Gasteiger partial charge in [0.1, 0.15) is 5.58 Å². The number of fused-ring (bicyclic) bond motifs is 8. The molecular weight excluding hydrogens is 669 g/mol. The van der Waals surface area contributed by atoms with Crippen molar-refractivity contribution in [3.63, 3.8) is 0 Å². The summed E-state index contributed by atoms with van der Waals surface area (Å²) in [5.41, 5.74) is 12.9. The van der Waals surface area contributed by atoms with E-state index in [9.17, 15) is 0 Å². The molecule has 0 saturated heterocycles. The van der Waals surface area contributed by atoms with Crippen LogP contribution in [0.4, 0.5) is 17.1 Å². The molecule has 0 aliphatic heterocycles. The van der Waals surface area contributed by atoms with Crippen LogP contribution in [-0.4, -0.2) is 4.57 Å². The van der Waals surface area contributed by atoms with Gasteiger partial charge in [0.25, 0.3) is 0 Å². The van der Waals surface area contributed by atoms with Gasteiger partial charge in [0.05, 0.1) is 16.7 Å². The summed E-state index contributed by atoms with van der Waals surface area (Å²) in [6, 6.07) is 73.7. The number of rotatable bonds is 6. The van der Waals surface area contributed by atoms with E-state index in [2.05, 4.69) is 216 Å². The zero-order valence-electron chi connectivity index (χ0n) is 29.9. The molecule has 3 heteroatoms. The number of furan rings is 1. The van der Waals surface area contributed by atoms with E-state index in [0.717, 1.165) is 55.8 Å². The number of para-hydroxylation sites is 3. The van der Waals surface area contributed by atoms with Gasteiger partial charge in [0.15, 0.2) is 5.58 Å². The average molecular weight is 703 g/mol. The van der Waals surface area contributed by atoms with Crippen LogP contribution in [0.2, 0.25) is 0 Å². The lowest BCUT2D eigenvalue weighted by Crippen LogP contribution is -2.10. The Bertz CT molecular complexity index is 3180. The first kappa shape index (κ1) is 31.2. The summed E-state index contributed by atoms with van der Waals surface area (Å²) in [4.78, 5) is 2.35. The molecule has 9 aromatic carbocycles. The van der Waals surface area contributed by atoms with Crippen LogP contribution in [0.15, 0.2) is 211 Å². The van der Waals surface area contributed by atoms with Gasteiger partial charge >= 0.3 is 0 Å². The van der Waals surface area contributed by atoms with Crippen molar-refractivity contribution in [2.45, 2.75) is 0 Å². The van der Waals surface area contributed by atoms with E-state index in [1.165, 1.54) is 43.8 Å². The van der Waals surface area contributed by atoms with Crippen LogP contribution in [-0.2, 0) is 0 Å². The molecule has 0 spiro atoms. The van der Waals surface area contributed by atoms with Crippen LogP contribution in [0.1, 0.15) is 0 Å². The third kappa shape index (κ3) is 5.05. The predicted octanol–water partition coefficient (Wildman–Crippen LogP) is 14.6. The molecule has 0 bridgehead atoms. The molecule has 0 aliphatic rings. The fraction of sp³-hybridized carbons (Fsp3) is 0. The second-order valence-corrected chi connectivity index (χ2v) is 14.1. The molecule has 11 aromatic rings. The molecule has 11 rings (SSSR count). The van der Waals surface area contributed by atoms with Crippen molar-refractivity contribution in [3.05, 3.63) is 206 Å². The van der Waals surface area contributed by atoms with Crippen LogP contribution in [0, 0.1) is 0 Å². The first-order valence-electron chi connectivity index (χ1n) is 18.8. The Balaban J connectivity index is 1.18. The monoisotopic (exact) mass is 702 g/mol. The third-order valence-corrected chi connectivity index (χ3v) is 11.0. The highest BCUT2D eigenvalue weighted by molar-refractivity contribution is 6.24. The molecule has 2 aromatic heterocycles. The third-order valence-electron chi connectivity index (χ3n) is 11.0. The molecule has 0 fully saturated rings. The molecule has 0 unspecified atom stereocenters. The normalized spacial score (nSPS) is 11.6. The van der Waals surface area contributed by atoms with E-state index in [0.29, 0.717) is 0 Å². The number of anilines is 3. The molecule has 3 nitrogen and oxygen atoms in total. The van der Waals surface area contributed by atoms with Gasteiger partial charge in [-0.3, -0.25) is 0 Å². The average Bonchev–Trinajstić information content (AvgIpc) is 3.81. The lowest BCUT2D eigenvalue weighted by Gasteiger charge is -2.26. The van der Waals surface area contributed by atoms with E-state index < -0.39 is 0 Å². The van der Waals surface area contributed by atoms with Crippen LogP contribution in [0.3, 0.4) is 0 Å². The zero-order valence-corrected chi connectivity index (χ0v) is 29.9. The molecule has 258 valence electrons. The lowest BCUT2D eigenvalue weighted by molar-refractivity contribution is 0.669. The Hall–Kier alpha value is -7.36. The fourth-order valence-corrected chi connectivity index (χ4v) is 8.49. The highest BCUT2D eigenvalue weighted by Gasteiger charge is 2.23. The van der Waals surface area contributed by atoms with Crippen LogP contribution in [0.25, 0.3) is 82.5 Å². The highest BCUT2D eigenvalue weighted by Crippen LogP contribution is 2.46. The SMILES string of the molecule is c1ccc(-c2ccc(N(c3ccc4c5ccccc5n(-c5ccccc5)c4c3)c3cccc4c3oc3cc(-c5ccccc5)c5ccccc5c34)cc2)cc1. The Morgan fingerprint density at radius 3 is 1.73 bits per heavy atom. The molecule has 0 aliphatic carbocycles. The van der Waals surface area contributed by atoms with Gasteiger partial charge in [-0.05, 0) is 87.6 Å². The second kappa shape index (κ2) is 12.6. The van der Waals surface area contributed by atoms with Crippen molar-refractivity contribution in [3.8, 4) is 27.9 Å². The van der Waals surface area contributed by atoms with Crippen molar-refractivity contribution in [2.24, 2.45) is 0 Å². The summed E-state index contributed by atoms with van der Waals surface area (Å²) >= 11 is 0. The summed E-state index contributed by atoms with van der Waals surface area (Å²) in [5, 5.41) is 7.06. The number of hydrogen-bond acceptors (Lipinski definition) is 2. The van der Waals surface area contributed by atoms with E-state index >= 15 is 0 Å². The Morgan fingerprint density at radius 2 is 0.964 bits per heavy atom. The molecule has 0 amide bonds. The quantitative estimate of drug-likeness (QED) is 0.172. The first-order chi connectivity index (χ1) is 27.3. The maximum Gasteiger partial charge on any atom is 0.159 e. The van der Waals surface area contributed by atoms with Gasteiger partial charge in [-0.15, -0.1) is 0 Å². The van der Waals surface area contributed by atoms with Crippen LogP contribution >= 0.6 is 0 Å². The molecule has 0 radical (unpaired) electrons. The smallest absolute Gasteiger partial charge is 0.159 e. The van der Waals surface area contributed by atoms with Gasteiger partial charge < -0.3 is 13.9 Å². The standard InChI is InChI=1S/C52H34N2O/c1-4-15-35(16-5-1)36-27-29-39(30-28-36)53(40-31-32-43-42-22-12-13-25-47(42)54(49(43)33-40)38-19-8-3-9-20-38)48-26-14-24-45-51-44-23-11-10-21-41(44)46(34-50(51)55-52(45)48)37-17-6-2-7-18-37/h1-34H. The van der Waals surface area contributed by atoms with Gasteiger partial charge in [-0.1, -0.05) is 152 Å². The van der Waals surface area contributed by atoms with Crippen LogP contribution in [0.5, 0.6) is 0 Å². The first-order valence-corrected chi connectivity index (χ1v) is 18.8. The van der Waals surface area contributed by atoms with E-state index in [1.54, 1.807) is 0 Å². The summed E-state index contributed by atoms with van der Waals surface area (Å²) in [6.45, 7) is 0. The summed E-state index contributed by atoms with van der Waals surface area (Å²) < 4.78 is 9.43. The van der Waals surface area contributed by atoms with Crippen molar-refractivity contribution >= 4 is 71.6 Å². The number of aromatic nitrogens is 1. The number of hydrogen-bond donors (Lipinski definition) is 0. The predicted molar refractivity (Wildman–Crippen MR) is 231 cm³/mol. The molecule has 0 atom stereocenters. The largest absolute Gasteiger partial charge is 0.454 e. The van der Waals surface area contributed by atoms with Gasteiger partial charge in [0, 0.05) is 38.6 Å². The second-order valence-electron chi connectivity index (χ2n) is 14.1. The molecule has 0 N–H and O–H groups in total. The Labute approximate surface area is 318 Å². The number of nitrogens with zero attached hydrogens (tertiary/aromatic N) is 2. The van der Waals surface area contributed by atoms with Crippen molar-refractivity contribution in [1.29, 1.82) is 0 Å². The van der Waals surface area contributed by atoms with Gasteiger partial charge in [0.2, 0.25) is 0 Å². The summed E-state index contributed by atoms with van der Waals surface area (Å²) in [5.74, 6) is 0. The van der Waals surface area contributed by atoms with Crippen molar-refractivity contribution in [2.75, 3.05) is 4.90 Å². The Kier molecular flexibility index (Phi) is 7.17. The lowest BCUT2D eigenvalue weighted by atomic mass is 9.95. The van der Waals surface area contributed by atoms with E-state index in [-0.39, 0.29) is 0 Å². The fourth-order valence-electron chi connectivity index (χ4n) is 8.49. The summed E-state index contributed by atoms with van der Waals surface area (Å²) in [7, 11) is 0. The minimum Gasteiger partial charge on any atom is -0.454 e. The topological polar surface area (TPSA) is 21.3 Å². The molecule has 0 saturated carbocycles. The van der Waals surface area contributed by atoms with E-state index in [1.807, 2.05) is 0 Å². The Morgan fingerprint density at radius 1 is 0.382 bits per heavy atom. The minimum absolute atomic E-state index is 0.851. The molecular formula is C52H34N2O. The van der Waals surface area contributed by atoms with E-state index in [4.69, 9.17) is 4.42 Å². The molecule has 55 heavy (non-hydrogen) atoms. The van der Waals surface area contributed by atoms with Crippen LogP contribution < -0.4 is 4.90 Å². The number of benzene rings is 9. The maximum absolute atomic E-state index is 7.05. The minimum atomic E-state index is 0.851. The van der Waals surface area contributed by atoms with Gasteiger partial charge in [-0.25, -0.2) is 0 Å². The zero-order chi connectivity index (χ0) is 36.3. The molecule has 2 heterocycles.